The Morgan fingerprint density at radius 3 is 2.90 bits per heavy atom. The van der Waals surface area contributed by atoms with Gasteiger partial charge in [-0.2, -0.15) is 0 Å². The number of rotatable bonds is 2. The van der Waals surface area contributed by atoms with Gasteiger partial charge in [0.25, 0.3) is 0 Å². The molecule has 104 valence electrons. The number of aromatic nitrogens is 2. The van der Waals surface area contributed by atoms with Crippen molar-refractivity contribution in [3.05, 3.63) is 40.8 Å². The molecule has 3 unspecified atom stereocenters. The third-order valence-corrected chi connectivity index (χ3v) is 4.89. The summed E-state index contributed by atoms with van der Waals surface area (Å²) in [7, 11) is 0. The smallest absolute Gasteiger partial charge is 0.111 e. The Kier molecular flexibility index (Phi) is 2.86. The Hall–Kier alpha value is -1.32. The maximum Gasteiger partial charge on any atom is 0.111 e. The molecule has 0 spiro atoms. The van der Waals surface area contributed by atoms with E-state index in [1.165, 1.54) is 19.3 Å². The van der Waals surface area contributed by atoms with Crippen molar-refractivity contribution in [2.24, 2.45) is 0 Å². The summed E-state index contributed by atoms with van der Waals surface area (Å²) in [6, 6.07) is 9.23. The number of H-pyrrole nitrogens is 1. The van der Waals surface area contributed by atoms with E-state index in [0.29, 0.717) is 18.0 Å². The number of halogens is 1. The second-order valence-electron chi connectivity index (χ2n) is 6.00. The lowest BCUT2D eigenvalue weighted by molar-refractivity contribution is 0.489. The van der Waals surface area contributed by atoms with Crippen LogP contribution in [0.2, 0.25) is 5.02 Å². The standard InChI is InChI=1S/C16H18ClN3/c1-9-15(10-3-2-4-11(17)7-10)20-16(18-9)13-8-12-5-6-14(13)19-12/h2-4,7,12-14,19H,5-6,8H2,1H3,(H,18,20). The first-order chi connectivity index (χ1) is 9.70. The van der Waals surface area contributed by atoms with Crippen LogP contribution in [0.4, 0.5) is 0 Å². The third kappa shape index (κ3) is 1.97. The van der Waals surface area contributed by atoms with Crippen molar-refractivity contribution in [3.63, 3.8) is 0 Å². The van der Waals surface area contributed by atoms with E-state index in [9.17, 15) is 0 Å². The molecule has 2 saturated heterocycles. The van der Waals surface area contributed by atoms with Crippen LogP contribution in [0.25, 0.3) is 11.3 Å². The molecule has 2 aliphatic rings. The Balaban J connectivity index is 1.69. The van der Waals surface area contributed by atoms with Gasteiger partial charge in [-0.25, -0.2) is 4.98 Å². The van der Waals surface area contributed by atoms with Crippen LogP contribution in [0.5, 0.6) is 0 Å². The van der Waals surface area contributed by atoms with E-state index < -0.39 is 0 Å². The van der Waals surface area contributed by atoms with Crippen molar-refractivity contribution < 1.29 is 0 Å². The summed E-state index contributed by atoms with van der Waals surface area (Å²) >= 11 is 6.08. The summed E-state index contributed by atoms with van der Waals surface area (Å²) in [5.41, 5.74) is 3.25. The van der Waals surface area contributed by atoms with Crippen molar-refractivity contribution in [2.45, 2.75) is 44.2 Å². The van der Waals surface area contributed by atoms with Gasteiger partial charge in [0.05, 0.1) is 5.69 Å². The van der Waals surface area contributed by atoms with E-state index in [0.717, 1.165) is 27.8 Å². The number of aromatic amines is 1. The number of aryl methyl sites for hydroxylation is 1. The highest BCUT2D eigenvalue weighted by molar-refractivity contribution is 6.30. The molecule has 3 nitrogen and oxygen atoms in total. The number of hydrogen-bond donors (Lipinski definition) is 2. The van der Waals surface area contributed by atoms with E-state index >= 15 is 0 Å². The first-order valence-electron chi connectivity index (χ1n) is 7.29. The van der Waals surface area contributed by atoms with Gasteiger partial charge in [0, 0.05) is 34.3 Å². The van der Waals surface area contributed by atoms with Gasteiger partial charge in [-0.15, -0.1) is 0 Å². The highest BCUT2D eigenvalue weighted by Gasteiger charge is 2.41. The molecule has 2 bridgehead atoms. The number of fused-ring (bicyclic) bond motifs is 2. The second-order valence-corrected chi connectivity index (χ2v) is 6.43. The van der Waals surface area contributed by atoms with Gasteiger partial charge in [0.2, 0.25) is 0 Å². The fraction of sp³-hybridized carbons (Fsp3) is 0.438. The molecule has 0 radical (unpaired) electrons. The Morgan fingerprint density at radius 1 is 1.30 bits per heavy atom. The molecule has 4 heteroatoms. The molecule has 2 aromatic rings. The molecular formula is C16H18ClN3. The minimum atomic E-state index is 0.542. The monoisotopic (exact) mass is 287 g/mol. The van der Waals surface area contributed by atoms with Gasteiger partial charge in [0.15, 0.2) is 0 Å². The van der Waals surface area contributed by atoms with Crippen molar-refractivity contribution in [1.82, 2.24) is 15.3 Å². The first kappa shape index (κ1) is 12.4. The van der Waals surface area contributed by atoms with E-state index in [4.69, 9.17) is 16.6 Å². The summed E-state index contributed by atoms with van der Waals surface area (Å²) in [5, 5.41) is 4.43. The van der Waals surface area contributed by atoms with Crippen molar-refractivity contribution in [3.8, 4) is 11.3 Å². The molecule has 0 amide bonds. The molecular weight excluding hydrogens is 270 g/mol. The molecule has 20 heavy (non-hydrogen) atoms. The van der Waals surface area contributed by atoms with E-state index in [1.807, 2.05) is 18.2 Å². The van der Waals surface area contributed by atoms with Gasteiger partial charge in [0.1, 0.15) is 5.82 Å². The van der Waals surface area contributed by atoms with Gasteiger partial charge in [-0.3, -0.25) is 0 Å². The molecule has 1 aromatic carbocycles. The Bertz CT molecular complexity index is 649. The maximum absolute atomic E-state index is 6.08. The van der Waals surface area contributed by atoms with Crippen LogP contribution in [-0.2, 0) is 0 Å². The van der Waals surface area contributed by atoms with E-state index in [1.54, 1.807) is 0 Å². The SMILES string of the molecule is Cc1[nH]c(C2CC3CCC2N3)nc1-c1cccc(Cl)c1. The minimum absolute atomic E-state index is 0.542. The number of hydrogen-bond acceptors (Lipinski definition) is 2. The van der Waals surface area contributed by atoms with Crippen molar-refractivity contribution in [2.75, 3.05) is 0 Å². The molecule has 3 atom stereocenters. The normalized spacial score (nSPS) is 28.2. The zero-order chi connectivity index (χ0) is 13.7. The molecule has 3 heterocycles. The average molecular weight is 288 g/mol. The average Bonchev–Trinajstić information content (AvgIpc) is 3.12. The van der Waals surface area contributed by atoms with Crippen LogP contribution in [-0.4, -0.2) is 22.1 Å². The molecule has 2 fully saturated rings. The lowest BCUT2D eigenvalue weighted by Crippen LogP contribution is -2.22. The molecule has 1 aromatic heterocycles. The molecule has 2 aliphatic heterocycles. The Labute approximate surface area is 123 Å². The summed E-state index contributed by atoms with van der Waals surface area (Å²) in [6.45, 7) is 2.09. The molecule has 2 N–H and O–H groups in total. The minimum Gasteiger partial charge on any atom is -0.345 e. The molecule has 0 aliphatic carbocycles. The number of nitrogens with zero attached hydrogens (tertiary/aromatic N) is 1. The predicted octanol–water partition coefficient (Wildman–Crippen LogP) is 3.65. The maximum atomic E-state index is 6.08. The van der Waals surface area contributed by atoms with Gasteiger partial charge in [-0.05, 0) is 38.3 Å². The van der Waals surface area contributed by atoms with Crippen LogP contribution >= 0.6 is 11.6 Å². The fourth-order valence-electron chi connectivity index (χ4n) is 3.70. The third-order valence-electron chi connectivity index (χ3n) is 4.65. The predicted molar refractivity (Wildman–Crippen MR) is 81.1 cm³/mol. The first-order valence-corrected chi connectivity index (χ1v) is 7.67. The second kappa shape index (κ2) is 4.61. The summed E-state index contributed by atoms with van der Waals surface area (Å²) < 4.78 is 0. The topological polar surface area (TPSA) is 40.7 Å². The quantitative estimate of drug-likeness (QED) is 0.885. The lowest BCUT2D eigenvalue weighted by Gasteiger charge is -2.17. The Morgan fingerprint density at radius 2 is 2.20 bits per heavy atom. The van der Waals surface area contributed by atoms with Crippen LogP contribution in [0.1, 0.15) is 36.7 Å². The zero-order valence-electron chi connectivity index (χ0n) is 11.5. The number of nitrogens with one attached hydrogen (secondary N) is 2. The van der Waals surface area contributed by atoms with Crippen LogP contribution in [0.3, 0.4) is 0 Å². The summed E-state index contributed by atoms with van der Waals surface area (Å²) in [5.74, 6) is 1.68. The van der Waals surface area contributed by atoms with Crippen molar-refractivity contribution in [1.29, 1.82) is 0 Å². The highest BCUT2D eigenvalue weighted by atomic mass is 35.5. The van der Waals surface area contributed by atoms with E-state index in [-0.39, 0.29) is 0 Å². The summed E-state index contributed by atoms with van der Waals surface area (Å²) in [6.07, 6.45) is 3.82. The van der Waals surface area contributed by atoms with Crippen LogP contribution in [0.15, 0.2) is 24.3 Å². The fourth-order valence-corrected chi connectivity index (χ4v) is 3.89. The molecule has 0 saturated carbocycles. The summed E-state index contributed by atoms with van der Waals surface area (Å²) in [4.78, 5) is 8.36. The van der Waals surface area contributed by atoms with Crippen LogP contribution < -0.4 is 5.32 Å². The zero-order valence-corrected chi connectivity index (χ0v) is 12.2. The van der Waals surface area contributed by atoms with Gasteiger partial charge < -0.3 is 10.3 Å². The highest BCUT2D eigenvalue weighted by Crippen LogP contribution is 2.39. The van der Waals surface area contributed by atoms with Crippen molar-refractivity contribution >= 4 is 11.6 Å². The number of benzene rings is 1. The largest absolute Gasteiger partial charge is 0.345 e. The lowest BCUT2D eigenvalue weighted by atomic mass is 9.89. The van der Waals surface area contributed by atoms with Crippen LogP contribution in [0, 0.1) is 6.92 Å². The molecule has 4 rings (SSSR count). The van der Waals surface area contributed by atoms with Gasteiger partial charge in [-0.1, -0.05) is 23.7 Å². The van der Waals surface area contributed by atoms with E-state index in [2.05, 4.69) is 23.3 Å². The van der Waals surface area contributed by atoms with Gasteiger partial charge >= 0.3 is 0 Å². The number of imidazole rings is 1.